The molecule has 18 heteroatoms. The zero-order chi connectivity index (χ0) is 39.6. The number of anilines is 2. The topological polar surface area (TPSA) is 190 Å². The molecular weight excluding hydrogens is 777 g/mol. The van der Waals surface area contributed by atoms with Gasteiger partial charge in [0.2, 0.25) is 15.7 Å². The molecule has 3 aromatic rings. The van der Waals surface area contributed by atoms with E-state index in [0.29, 0.717) is 37.2 Å². The maximum Gasteiger partial charge on any atom is 0.428 e. The van der Waals surface area contributed by atoms with E-state index in [2.05, 4.69) is 40.8 Å². The van der Waals surface area contributed by atoms with E-state index in [0.717, 1.165) is 17.8 Å². The van der Waals surface area contributed by atoms with Crippen molar-refractivity contribution in [1.29, 1.82) is 0 Å². The van der Waals surface area contributed by atoms with Crippen LogP contribution in [0.5, 0.6) is 0 Å². The van der Waals surface area contributed by atoms with Crippen molar-refractivity contribution in [1.82, 2.24) is 5.43 Å². The van der Waals surface area contributed by atoms with Gasteiger partial charge in [-0.05, 0) is 81.5 Å². The van der Waals surface area contributed by atoms with E-state index in [4.69, 9.17) is 14.6 Å². The number of aryl methyl sites for hydroxylation is 1. The van der Waals surface area contributed by atoms with Crippen molar-refractivity contribution >= 4 is 94.4 Å². The fourth-order valence-corrected chi connectivity index (χ4v) is 10.00. The van der Waals surface area contributed by atoms with Crippen molar-refractivity contribution in [2.45, 2.75) is 79.4 Å². The molecule has 4 N–H and O–H groups in total. The lowest BCUT2D eigenvalue weighted by atomic mass is 9.97. The Kier molecular flexibility index (Phi) is 15.6. The summed E-state index contributed by atoms with van der Waals surface area (Å²) in [5.74, 6) is -1.15. The number of hydrazone groups is 1. The van der Waals surface area contributed by atoms with Crippen LogP contribution in [0.4, 0.5) is 21.0 Å². The Labute approximate surface area is 324 Å². The van der Waals surface area contributed by atoms with Gasteiger partial charge in [-0.2, -0.15) is 16.9 Å². The molecule has 0 aliphatic carbocycles. The van der Waals surface area contributed by atoms with Gasteiger partial charge in [0.1, 0.15) is 5.60 Å². The normalized spacial score (nSPS) is 12.0. The fourth-order valence-electron chi connectivity index (χ4n) is 4.62. The highest BCUT2D eigenvalue weighted by molar-refractivity contribution is 8.01. The highest BCUT2D eigenvalue weighted by Gasteiger charge is 2.26. The van der Waals surface area contributed by atoms with Crippen LogP contribution in [0.15, 0.2) is 61.6 Å². The lowest BCUT2D eigenvalue weighted by Gasteiger charge is -2.18. The van der Waals surface area contributed by atoms with Gasteiger partial charge in [-0.3, -0.25) is 14.9 Å². The molecule has 0 radical (unpaired) electrons. The molecular formula is C35H46N4O9S4Si. The first-order valence-electron chi connectivity index (χ1n) is 16.4. The van der Waals surface area contributed by atoms with Gasteiger partial charge < -0.3 is 19.9 Å². The summed E-state index contributed by atoms with van der Waals surface area (Å²) >= 11 is 3.62. The molecule has 1 heterocycles. The summed E-state index contributed by atoms with van der Waals surface area (Å²) in [6, 6.07) is 11.9. The molecule has 3 rings (SSSR count). The summed E-state index contributed by atoms with van der Waals surface area (Å²) in [7, 11) is -5.50. The molecule has 0 bridgehead atoms. The van der Waals surface area contributed by atoms with Gasteiger partial charge in [-0.25, -0.2) is 23.4 Å². The van der Waals surface area contributed by atoms with Gasteiger partial charge in [-0.15, -0.1) is 23.1 Å². The Bertz CT molecular complexity index is 1950. The van der Waals surface area contributed by atoms with Crippen LogP contribution in [0, 0.1) is 6.92 Å². The lowest BCUT2D eigenvalue weighted by molar-refractivity contribution is -0.136. The smallest absolute Gasteiger partial charge is 0.428 e. The lowest BCUT2D eigenvalue weighted by Crippen LogP contribution is -2.29. The Hall–Kier alpha value is -3.84. The number of hydrogen-bond acceptors (Lipinski definition) is 12. The largest absolute Gasteiger partial charge is 0.481 e. The minimum Gasteiger partial charge on any atom is -0.481 e. The molecule has 0 fully saturated rings. The number of carbonyl (C=O) groups is 4. The molecule has 13 nitrogen and oxygen atoms in total. The molecule has 1 aromatic heterocycles. The maximum atomic E-state index is 14.1. The number of nitrogens with one attached hydrogen (secondary N) is 3. The second-order valence-corrected chi connectivity index (χ2v) is 24.7. The average Bonchev–Trinajstić information content (AvgIpc) is 3.45. The number of rotatable bonds is 16. The first-order valence-corrected chi connectivity index (χ1v) is 24.8. The van der Waals surface area contributed by atoms with Crippen LogP contribution in [0.1, 0.15) is 37.6 Å². The molecule has 53 heavy (non-hydrogen) atoms. The number of amides is 3. The molecule has 0 saturated carbocycles. The predicted molar refractivity (Wildman–Crippen MR) is 216 cm³/mol. The van der Waals surface area contributed by atoms with Crippen LogP contribution in [0.2, 0.25) is 25.7 Å². The number of carbonyl (C=O) groups excluding carboxylic acids is 3. The van der Waals surface area contributed by atoms with E-state index in [1.54, 1.807) is 58.2 Å². The monoisotopic (exact) mass is 822 g/mol. The van der Waals surface area contributed by atoms with Crippen molar-refractivity contribution in [2.75, 3.05) is 35.0 Å². The number of nitrogens with zero attached hydrogens (tertiary/aromatic N) is 1. The van der Waals surface area contributed by atoms with E-state index in [1.807, 2.05) is 0 Å². The number of carboxylic acid groups (broad SMARTS) is 1. The van der Waals surface area contributed by atoms with Gasteiger partial charge in [0.15, 0.2) is 0 Å². The van der Waals surface area contributed by atoms with E-state index in [1.165, 1.54) is 47.5 Å². The fraction of sp³-hybridized carbons (Fsp3) is 0.400. The van der Waals surface area contributed by atoms with Crippen LogP contribution in [-0.2, 0) is 28.9 Å². The van der Waals surface area contributed by atoms with Gasteiger partial charge in [-0.1, -0.05) is 31.8 Å². The molecule has 0 saturated heterocycles. The van der Waals surface area contributed by atoms with Gasteiger partial charge in [0.25, 0.3) is 0 Å². The molecule has 0 spiro atoms. The van der Waals surface area contributed by atoms with E-state index in [-0.39, 0.29) is 34.3 Å². The molecule has 288 valence electrons. The number of benzene rings is 2. The SMILES string of the molecule is CSc1sc(C=NNC(=O)OC(C)(C)C)cc1S(=O)(=O)c1cccc(-c2c(C)cc(NC(=O)OCC[Si](C)(C)C)cc2NC(=O)CSCCC(=O)O)c1. The molecule has 0 unspecified atom stereocenters. The van der Waals surface area contributed by atoms with Crippen LogP contribution in [-0.4, -0.2) is 81.8 Å². The summed E-state index contributed by atoms with van der Waals surface area (Å²) in [5.41, 5.74) is 3.89. The third-order valence-corrected chi connectivity index (χ3v) is 13.9. The van der Waals surface area contributed by atoms with E-state index < -0.39 is 47.6 Å². The van der Waals surface area contributed by atoms with Crippen molar-refractivity contribution < 1.29 is 42.2 Å². The number of sulfone groups is 1. The first-order chi connectivity index (χ1) is 24.7. The van der Waals surface area contributed by atoms with E-state index in [9.17, 15) is 27.6 Å². The number of thioether (sulfide) groups is 2. The maximum absolute atomic E-state index is 14.1. The molecule has 0 aliphatic rings. The van der Waals surface area contributed by atoms with Gasteiger partial charge in [0.05, 0.1) is 44.7 Å². The van der Waals surface area contributed by atoms with Crippen molar-refractivity contribution in [3.8, 4) is 11.1 Å². The van der Waals surface area contributed by atoms with Crippen molar-refractivity contribution in [2.24, 2.45) is 5.10 Å². The van der Waals surface area contributed by atoms with E-state index >= 15 is 0 Å². The highest BCUT2D eigenvalue weighted by Crippen LogP contribution is 2.39. The van der Waals surface area contributed by atoms with Crippen LogP contribution in [0.25, 0.3) is 11.1 Å². The number of ether oxygens (including phenoxy) is 2. The van der Waals surface area contributed by atoms with Crippen LogP contribution >= 0.6 is 34.9 Å². The second-order valence-electron chi connectivity index (χ2n) is 13.9. The zero-order valence-corrected chi connectivity index (χ0v) is 35.2. The third-order valence-electron chi connectivity index (χ3n) is 6.97. The summed E-state index contributed by atoms with van der Waals surface area (Å²) in [6.45, 7) is 13.7. The van der Waals surface area contributed by atoms with Gasteiger partial charge in [0, 0.05) is 30.0 Å². The predicted octanol–water partition coefficient (Wildman–Crippen LogP) is 8.17. The number of aliphatic carboxylic acids is 1. The summed E-state index contributed by atoms with van der Waals surface area (Å²) < 4.78 is 39.3. The average molecular weight is 823 g/mol. The van der Waals surface area contributed by atoms with Crippen LogP contribution < -0.4 is 16.1 Å². The Balaban J connectivity index is 1.97. The highest BCUT2D eigenvalue weighted by atomic mass is 32.2. The van der Waals surface area contributed by atoms with Crippen LogP contribution in [0.3, 0.4) is 0 Å². The minimum absolute atomic E-state index is 0.00699. The molecule has 0 atom stereocenters. The van der Waals surface area contributed by atoms with Crippen molar-refractivity contribution in [3.63, 3.8) is 0 Å². The number of hydrogen-bond donors (Lipinski definition) is 4. The quantitative estimate of drug-likeness (QED) is 0.0359. The molecule has 0 aliphatic heterocycles. The Morgan fingerprint density at radius 1 is 1.04 bits per heavy atom. The first kappa shape index (κ1) is 43.6. The summed E-state index contributed by atoms with van der Waals surface area (Å²) in [6.07, 6.45) is 1.62. The van der Waals surface area contributed by atoms with Crippen molar-refractivity contribution in [3.05, 3.63) is 52.9 Å². The summed E-state index contributed by atoms with van der Waals surface area (Å²) in [4.78, 5) is 49.2. The molecule has 2 aromatic carbocycles. The molecule has 3 amide bonds. The number of thiophene rings is 1. The Morgan fingerprint density at radius 2 is 1.75 bits per heavy atom. The van der Waals surface area contributed by atoms with Gasteiger partial charge >= 0.3 is 18.2 Å². The minimum atomic E-state index is -4.06. The third kappa shape index (κ3) is 14.1. The second kappa shape index (κ2) is 19.0. The Morgan fingerprint density at radius 3 is 2.40 bits per heavy atom. The summed E-state index contributed by atoms with van der Waals surface area (Å²) in [5, 5.41) is 18.4. The zero-order valence-electron chi connectivity index (χ0n) is 30.9. The number of carboxylic acids is 1. The standard InChI is InChI=1S/C35H46N4O9S4Si/c1-22-16-24(37-33(43)47-13-15-53(6,7)8)18-27(38-29(40)21-50-14-12-30(41)42)31(22)23-10-9-11-26(17-23)52(45,46)28-19-25(51-32(28)49-5)20-36-39-34(44)48-35(2,3)4/h9-11,16-20H,12-15,21H2,1-8H3,(H,37,43)(H,38,40)(H,39,44)(H,41,42).